The first-order valence-corrected chi connectivity index (χ1v) is 7.57. The quantitative estimate of drug-likeness (QED) is 0.835. The maximum atomic E-state index is 6.12. The second-order valence-corrected chi connectivity index (χ2v) is 7.09. The first-order chi connectivity index (χ1) is 8.65. The Bertz CT molecular complexity index is 417. The monoisotopic (exact) mass is 287 g/mol. The lowest BCUT2D eigenvalue weighted by molar-refractivity contribution is -0.149. The zero-order valence-electron chi connectivity index (χ0n) is 10.5. The van der Waals surface area contributed by atoms with Crippen molar-refractivity contribution in [3.8, 4) is 0 Å². The van der Waals surface area contributed by atoms with Crippen LogP contribution in [-0.4, -0.2) is 42.9 Å². The molecule has 3 nitrogen and oxygen atoms in total. The maximum absolute atomic E-state index is 6.12. The minimum Gasteiger partial charge on any atom is -0.378 e. The maximum Gasteiger partial charge on any atom is 0.107 e. The molecule has 1 aromatic rings. The molecule has 2 saturated heterocycles. The molecule has 2 unspecified atom stereocenters. The highest BCUT2D eigenvalue weighted by Gasteiger charge is 2.42. The van der Waals surface area contributed by atoms with Crippen molar-refractivity contribution in [3.63, 3.8) is 0 Å². The van der Waals surface area contributed by atoms with Crippen LogP contribution >= 0.6 is 22.9 Å². The number of nitrogens with zero attached hydrogens (tertiary/aromatic N) is 1. The van der Waals surface area contributed by atoms with Crippen LogP contribution in [0, 0.1) is 0 Å². The van der Waals surface area contributed by atoms with Crippen LogP contribution in [0.25, 0.3) is 0 Å². The average Bonchev–Trinajstić information content (AvgIpc) is 2.88. The molecule has 0 aliphatic carbocycles. The summed E-state index contributed by atoms with van der Waals surface area (Å²) in [7, 11) is 0. The SMILES string of the molecule is CC1CN(Cc2ccc(Cl)s2)CC2(CCOC2)O1. The van der Waals surface area contributed by atoms with E-state index in [0.717, 1.165) is 43.6 Å². The van der Waals surface area contributed by atoms with Gasteiger partial charge in [-0.1, -0.05) is 11.6 Å². The topological polar surface area (TPSA) is 21.7 Å². The molecule has 0 bridgehead atoms. The zero-order valence-corrected chi connectivity index (χ0v) is 12.1. The Morgan fingerprint density at radius 1 is 1.56 bits per heavy atom. The van der Waals surface area contributed by atoms with Gasteiger partial charge >= 0.3 is 0 Å². The number of hydrogen-bond donors (Lipinski definition) is 0. The highest BCUT2D eigenvalue weighted by molar-refractivity contribution is 7.16. The van der Waals surface area contributed by atoms with Gasteiger partial charge in [0.05, 0.1) is 17.0 Å². The second kappa shape index (κ2) is 5.10. The number of rotatable bonds is 2. The van der Waals surface area contributed by atoms with Crippen molar-refractivity contribution in [1.29, 1.82) is 0 Å². The lowest BCUT2D eigenvalue weighted by atomic mass is 9.99. The van der Waals surface area contributed by atoms with E-state index in [1.165, 1.54) is 4.88 Å². The van der Waals surface area contributed by atoms with Crippen LogP contribution in [-0.2, 0) is 16.0 Å². The summed E-state index contributed by atoms with van der Waals surface area (Å²) in [5, 5.41) is 0. The smallest absolute Gasteiger partial charge is 0.107 e. The lowest BCUT2D eigenvalue weighted by Gasteiger charge is -2.42. The molecule has 5 heteroatoms. The normalized spacial score (nSPS) is 33.3. The average molecular weight is 288 g/mol. The van der Waals surface area contributed by atoms with Gasteiger partial charge in [0.2, 0.25) is 0 Å². The van der Waals surface area contributed by atoms with Crippen LogP contribution in [0.5, 0.6) is 0 Å². The summed E-state index contributed by atoms with van der Waals surface area (Å²) in [6.45, 7) is 6.62. The summed E-state index contributed by atoms with van der Waals surface area (Å²) < 4.78 is 12.5. The number of halogens is 1. The van der Waals surface area contributed by atoms with E-state index in [9.17, 15) is 0 Å². The van der Waals surface area contributed by atoms with Gasteiger partial charge < -0.3 is 9.47 Å². The molecule has 2 atom stereocenters. The van der Waals surface area contributed by atoms with Gasteiger partial charge in [-0.2, -0.15) is 0 Å². The third kappa shape index (κ3) is 2.73. The van der Waals surface area contributed by atoms with Gasteiger partial charge in [-0.3, -0.25) is 4.90 Å². The van der Waals surface area contributed by atoms with E-state index in [1.54, 1.807) is 11.3 Å². The van der Waals surface area contributed by atoms with Gasteiger partial charge in [0.1, 0.15) is 5.60 Å². The number of ether oxygens (including phenoxy) is 2. The molecule has 3 rings (SSSR count). The second-order valence-electron chi connectivity index (χ2n) is 5.29. The van der Waals surface area contributed by atoms with Crippen molar-refractivity contribution in [1.82, 2.24) is 4.90 Å². The van der Waals surface area contributed by atoms with Crippen molar-refractivity contribution >= 4 is 22.9 Å². The van der Waals surface area contributed by atoms with Crippen LogP contribution in [0.15, 0.2) is 12.1 Å². The summed E-state index contributed by atoms with van der Waals surface area (Å²) in [6, 6.07) is 4.09. The summed E-state index contributed by atoms with van der Waals surface area (Å²) in [5.41, 5.74) is -0.0707. The van der Waals surface area contributed by atoms with Gasteiger partial charge in [-0.25, -0.2) is 0 Å². The van der Waals surface area contributed by atoms with Crippen LogP contribution in [0.2, 0.25) is 4.34 Å². The first-order valence-electron chi connectivity index (χ1n) is 6.37. The summed E-state index contributed by atoms with van der Waals surface area (Å²) in [4.78, 5) is 3.79. The van der Waals surface area contributed by atoms with Crippen molar-refractivity contribution < 1.29 is 9.47 Å². The molecule has 18 heavy (non-hydrogen) atoms. The van der Waals surface area contributed by atoms with E-state index in [0.29, 0.717) is 0 Å². The molecule has 0 saturated carbocycles. The molecule has 2 aliphatic heterocycles. The molecule has 0 radical (unpaired) electrons. The molecule has 2 fully saturated rings. The molecule has 100 valence electrons. The fourth-order valence-electron chi connectivity index (χ4n) is 2.92. The van der Waals surface area contributed by atoms with E-state index in [4.69, 9.17) is 21.1 Å². The third-order valence-electron chi connectivity index (χ3n) is 3.55. The highest BCUT2D eigenvalue weighted by atomic mass is 35.5. The van der Waals surface area contributed by atoms with E-state index >= 15 is 0 Å². The molecule has 1 spiro atoms. The fraction of sp³-hybridized carbons (Fsp3) is 0.692. The van der Waals surface area contributed by atoms with Gasteiger partial charge in [0.15, 0.2) is 0 Å². The molecular weight excluding hydrogens is 270 g/mol. The van der Waals surface area contributed by atoms with E-state index in [2.05, 4.69) is 17.9 Å². The molecule has 2 aliphatic rings. The Balaban J connectivity index is 1.68. The Morgan fingerprint density at radius 2 is 2.44 bits per heavy atom. The predicted molar refractivity (Wildman–Crippen MR) is 73.3 cm³/mol. The Kier molecular flexibility index (Phi) is 3.65. The first kappa shape index (κ1) is 12.9. The molecule has 3 heterocycles. The Labute approximate surface area is 117 Å². The zero-order chi connectivity index (χ0) is 12.6. The standard InChI is InChI=1S/C13H18ClNO2S/c1-10-6-15(7-11-2-3-12(14)18-11)8-13(17-10)4-5-16-9-13/h2-3,10H,4-9H2,1H3. The predicted octanol–water partition coefficient (Wildman–Crippen LogP) is 2.78. The molecular formula is C13H18ClNO2S. The van der Waals surface area contributed by atoms with Crippen LogP contribution < -0.4 is 0 Å². The summed E-state index contributed by atoms with van der Waals surface area (Å²) >= 11 is 7.65. The van der Waals surface area contributed by atoms with Gasteiger partial charge in [0.25, 0.3) is 0 Å². The highest BCUT2D eigenvalue weighted by Crippen LogP contribution is 2.31. The Hall–Kier alpha value is -0.130. The van der Waals surface area contributed by atoms with Crippen LogP contribution in [0.4, 0.5) is 0 Å². The molecule has 0 aromatic carbocycles. The largest absolute Gasteiger partial charge is 0.378 e. The van der Waals surface area contributed by atoms with Gasteiger partial charge in [-0.05, 0) is 19.1 Å². The van der Waals surface area contributed by atoms with Crippen LogP contribution in [0.3, 0.4) is 0 Å². The summed E-state index contributed by atoms with van der Waals surface area (Å²) in [5.74, 6) is 0. The Morgan fingerprint density at radius 3 is 3.11 bits per heavy atom. The fourth-order valence-corrected chi connectivity index (χ4v) is 4.05. The number of thiophene rings is 1. The minimum absolute atomic E-state index is 0.0707. The van der Waals surface area contributed by atoms with E-state index in [-0.39, 0.29) is 11.7 Å². The number of hydrogen-bond acceptors (Lipinski definition) is 4. The van der Waals surface area contributed by atoms with E-state index in [1.807, 2.05) is 6.07 Å². The minimum atomic E-state index is -0.0707. The van der Waals surface area contributed by atoms with Crippen LogP contribution in [0.1, 0.15) is 18.2 Å². The molecule has 1 aromatic heterocycles. The summed E-state index contributed by atoms with van der Waals surface area (Å²) in [6.07, 6.45) is 1.29. The van der Waals surface area contributed by atoms with Crippen molar-refractivity contribution in [2.75, 3.05) is 26.3 Å². The van der Waals surface area contributed by atoms with Gasteiger partial charge in [0, 0.05) is 37.5 Å². The lowest BCUT2D eigenvalue weighted by Crippen LogP contribution is -2.54. The van der Waals surface area contributed by atoms with Crippen molar-refractivity contribution in [2.45, 2.75) is 31.6 Å². The van der Waals surface area contributed by atoms with E-state index < -0.39 is 0 Å². The molecule has 0 N–H and O–H groups in total. The molecule has 0 amide bonds. The van der Waals surface area contributed by atoms with Gasteiger partial charge in [-0.15, -0.1) is 11.3 Å². The van der Waals surface area contributed by atoms with Crippen molar-refractivity contribution in [3.05, 3.63) is 21.3 Å². The third-order valence-corrected chi connectivity index (χ3v) is 4.77. The number of morpholine rings is 1. The van der Waals surface area contributed by atoms with Crippen molar-refractivity contribution in [2.24, 2.45) is 0 Å².